The van der Waals surface area contributed by atoms with Crippen LogP contribution < -0.4 is 0 Å². The maximum absolute atomic E-state index is 5.13. The molecular weight excluding hydrogens is 246 g/mol. The fourth-order valence-electron chi connectivity index (χ4n) is 2.36. The van der Waals surface area contributed by atoms with Gasteiger partial charge in [-0.05, 0) is 31.4 Å². The van der Waals surface area contributed by atoms with Crippen LogP contribution in [0, 0.1) is 0 Å². The molecule has 0 bridgehead atoms. The summed E-state index contributed by atoms with van der Waals surface area (Å²) >= 11 is 2.07. The molecule has 0 N–H and O–H groups in total. The molecular formula is C13H23N3OS. The quantitative estimate of drug-likeness (QED) is 0.788. The molecule has 0 spiro atoms. The Balaban J connectivity index is 1.89. The van der Waals surface area contributed by atoms with Crippen molar-refractivity contribution in [3.05, 3.63) is 18.2 Å². The van der Waals surface area contributed by atoms with Gasteiger partial charge in [-0.25, -0.2) is 4.98 Å². The van der Waals surface area contributed by atoms with Gasteiger partial charge < -0.3 is 9.30 Å². The van der Waals surface area contributed by atoms with Crippen molar-refractivity contribution in [3.8, 4) is 0 Å². The Bertz CT molecular complexity index is 350. The van der Waals surface area contributed by atoms with Crippen LogP contribution in [-0.2, 0) is 17.8 Å². The van der Waals surface area contributed by atoms with E-state index in [9.17, 15) is 0 Å². The molecule has 0 radical (unpaired) electrons. The van der Waals surface area contributed by atoms with Gasteiger partial charge in [-0.1, -0.05) is 0 Å². The van der Waals surface area contributed by atoms with Crippen LogP contribution in [0.25, 0.3) is 0 Å². The molecule has 1 aromatic heterocycles. The minimum atomic E-state index is 0.721. The van der Waals surface area contributed by atoms with Crippen molar-refractivity contribution in [1.29, 1.82) is 0 Å². The third-order valence-corrected chi connectivity index (χ3v) is 4.59. The average Bonchev–Trinajstić information content (AvgIpc) is 2.84. The Hall–Kier alpha value is -0.520. The molecule has 18 heavy (non-hydrogen) atoms. The van der Waals surface area contributed by atoms with Gasteiger partial charge in [-0.3, -0.25) is 4.90 Å². The zero-order valence-corrected chi connectivity index (χ0v) is 12.2. The highest BCUT2D eigenvalue weighted by atomic mass is 32.2. The second-order valence-corrected chi connectivity index (χ2v) is 6.01. The number of rotatable bonds is 6. The molecule has 4 nitrogen and oxygen atoms in total. The molecule has 0 unspecified atom stereocenters. The molecule has 2 rings (SSSR count). The average molecular weight is 269 g/mol. The van der Waals surface area contributed by atoms with E-state index in [1.165, 1.54) is 24.3 Å². The van der Waals surface area contributed by atoms with Gasteiger partial charge in [0.2, 0.25) is 0 Å². The molecule has 1 aromatic rings. The lowest BCUT2D eigenvalue weighted by atomic mass is 10.1. The van der Waals surface area contributed by atoms with E-state index in [1.807, 2.05) is 12.4 Å². The van der Waals surface area contributed by atoms with Gasteiger partial charge in [0.15, 0.2) is 0 Å². The highest BCUT2D eigenvalue weighted by Gasteiger charge is 2.19. The zero-order valence-electron chi connectivity index (χ0n) is 11.3. The van der Waals surface area contributed by atoms with Gasteiger partial charge in [0, 0.05) is 32.1 Å². The smallest absolute Gasteiger partial charge is 0.122 e. The van der Waals surface area contributed by atoms with Crippen LogP contribution in [0.2, 0.25) is 0 Å². The van der Waals surface area contributed by atoms with Crippen LogP contribution in [0.4, 0.5) is 0 Å². The molecule has 0 aliphatic carbocycles. The lowest BCUT2D eigenvalue weighted by molar-refractivity contribution is 0.180. The van der Waals surface area contributed by atoms with Gasteiger partial charge in [0.1, 0.15) is 5.82 Å². The van der Waals surface area contributed by atoms with Gasteiger partial charge >= 0.3 is 0 Å². The van der Waals surface area contributed by atoms with E-state index in [0.29, 0.717) is 0 Å². The van der Waals surface area contributed by atoms with E-state index in [0.717, 1.165) is 31.6 Å². The van der Waals surface area contributed by atoms with Crippen LogP contribution in [0.5, 0.6) is 0 Å². The topological polar surface area (TPSA) is 30.3 Å². The first-order valence-electron chi connectivity index (χ1n) is 6.58. The van der Waals surface area contributed by atoms with Crippen LogP contribution in [0.3, 0.4) is 0 Å². The van der Waals surface area contributed by atoms with Gasteiger partial charge in [-0.15, -0.1) is 0 Å². The van der Waals surface area contributed by atoms with Crippen molar-refractivity contribution >= 4 is 11.8 Å². The molecule has 0 aromatic carbocycles. The summed E-state index contributed by atoms with van der Waals surface area (Å²) in [6.45, 7) is 2.57. The van der Waals surface area contributed by atoms with Gasteiger partial charge in [0.05, 0.1) is 13.2 Å². The predicted molar refractivity (Wildman–Crippen MR) is 75.9 cm³/mol. The van der Waals surface area contributed by atoms with Gasteiger partial charge in [-0.2, -0.15) is 11.8 Å². The summed E-state index contributed by atoms with van der Waals surface area (Å²) in [5.41, 5.74) is 0. The van der Waals surface area contributed by atoms with E-state index < -0.39 is 0 Å². The number of imidazole rings is 1. The predicted octanol–water partition coefficient (Wildman–Crippen LogP) is 1.86. The summed E-state index contributed by atoms with van der Waals surface area (Å²) in [6, 6.07) is 0.721. The first-order chi connectivity index (χ1) is 8.81. The van der Waals surface area contributed by atoms with Gasteiger partial charge in [0.25, 0.3) is 0 Å². The van der Waals surface area contributed by atoms with E-state index in [2.05, 4.69) is 33.3 Å². The van der Waals surface area contributed by atoms with E-state index in [-0.39, 0.29) is 0 Å². The summed E-state index contributed by atoms with van der Waals surface area (Å²) in [6.07, 6.45) is 6.54. The molecule has 0 amide bonds. The Kier molecular flexibility index (Phi) is 5.53. The number of aromatic nitrogens is 2. The molecule has 0 saturated carbocycles. The fraction of sp³-hybridized carbons (Fsp3) is 0.769. The minimum Gasteiger partial charge on any atom is -0.383 e. The molecule has 0 atom stereocenters. The lowest BCUT2D eigenvalue weighted by Crippen LogP contribution is -2.35. The Morgan fingerprint density at radius 3 is 3.00 bits per heavy atom. The van der Waals surface area contributed by atoms with Crippen LogP contribution >= 0.6 is 11.8 Å². The number of ether oxygens (including phenoxy) is 1. The molecule has 102 valence electrons. The van der Waals surface area contributed by atoms with Crippen molar-refractivity contribution < 1.29 is 4.74 Å². The highest BCUT2D eigenvalue weighted by molar-refractivity contribution is 7.99. The number of nitrogens with zero attached hydrogens (tertiary/aromatic N) is 3. The lowest BCUT2D eigenvalue weighted by Gasteiger charge is -2.30. The molecule has 1 aliphatic rings. The normalized spacial score (nSPS) is 17.5. The Labute approximate surface area is 114 Å². The van der Waals surface area contributed by atoms with E-state index in [1.54, 1.807) is 7.11 Å². The third kappa shape index (κ3) is 3.73. The van der Waals surface area contributed by atoms with Crippen molar-refractivity contribution in [2.24, 2.45) is 0 Å². The fourth-order valence-corrected chi connectivity index (χ4v) is 3.44. The zero-order chi connectivity index (χ0) is 12.8. The highest BCUT2D eigenvalue weighted by Crippen LogP contribution is 2.21. The Morgan fingerprint density at radius 1 is 1.50 bits per heavy atom. The molecule has 1 fully saturated rings. The third-order valence-electron chi connectivity index (χ3n) is 3.54. The number of hydrogen-bond acceptors (Lipinski definition) is 4. The van der Waals surface area contributed by atoms with Crippen molar-refractivity contribution in [3.63, 3.8) is 0 Å². The first kappa shape index (κ1) is 13.9. The standard InChI is InChI=1S/C13H23N3OS/c1-15(12-3-9-18-10-4-12)11-13-14-5-6-16(13)7-8-17-2/h5-6,12H,3-4,7-11H2,1-2H3. The van der Waals surface area contributed by atoms with Crippen molar-refractivity contribution in [1.82, 2.24) is 14.5 Å². The van der Waals surface area contributed by atoms with Crippen LogP contribution in [0.15, 0.2) is 12.4 Å². The summed E-state index contributed by atoms with van der Waals surface area (Å²) in [4.78, 5) is 6.91. The second-order valence-electron chi connectivity index (χ2n) is 4.79. The molecule has 1 aliphatic heterocycles. The largest absolute Gasteiger partial charge is 0.383 e. The summed E-state index contributed by atoms with van der Waals surface area (Å²) in [5.74, 6) is 3.74. The van der Waals surface area contributed by atoms with E-state index >= 15 is 0 Å². The minimum absolute atomic E-state index is 0.721. The summed E-state index contributed by atoms with van der Waals surface area (Å²) in [5, 5.41) is 0. The maximum atomic E-state index is 5.13. The Morgan fingerprint density at radius 2 is 2.28 bits per heavy atom. The van der Waals surface area contributed by atoms with Crippen LogP contribution in [0.1, 0.15) is 18.7 Å². The monoisotopic (exact) mass is 269 g/mol. The molecule has 1 saturated heterocycles. The SMILES string of the molecule is COCCn1ccnc1CN(C)C1CCSCC1. The van der Waals surface area contributed by atoms with E-state index in [4.69, 9.17) is 4.74 Å². The molecule has 5 heteroatoms. The number of thioether (sulfide) groups is 1. The summed E-state index contributed by atoms with van der Waals surface area (Å²) < 4.78 is 7.32. The number of hydrogen-bond donors (Lipinski definition) is 0. The summed E-state index contributed by atoms with van der Waals surface area (Å²) in [7, 11) is 3.96. The van der Waals surface area contributed by atoms with Crippen LogP contribution in [-0.4, -0.2) is 52.8 Å². The van der Waals surface area contributed by atoms with Crippen molar-refractivity contribution in [2.75, 3.05) is 32.3 Å². The maximum Gasteiger partial charge on any atom is 0.122 e. The molecule has 2 heterocycles. The van der Waals surface area contributed by atoms with Crippen molar-refractivity contribution in [2.45, 2.75) is 32.0 Å². The first-order valence-corrected chi connectivity index (χ1v) is 7.73. The number of methoxy groups -OCH3 is 1. The second kappa shape index (κ2) is 7.16.